The van der Waals surface area contributed by atoms with Gasteiger partial charge in [0.1, 0.15) is 11.6 Å². The maximum absolute atomic E-state index is 12.7. The number of nitrogens with one attached hydrogen (secondary N) is 1. The highest BCUT2D eigenvalue weighted by Crippen LogP contribution is 2.33. The van der Waals surface area contributed by atoms with Crippen LogP contribution in [0.4, 0.5) is 16.5 Å². The van der Waals surface area contributed by atoms with Crippen LogP contribution >= 0.6 is 0 Å². The second-order valence-corrected chi connectivity index (χ2v) is 7.99. The quantitative estimate of drug-likeness (QED) is 0.855. The Morgan fingerprint density at radius 2 is 2.11 bits per heavy atom. The van der Waals surface area contributed by atoms with Crippen molar-refractivity contribution in [1.82, 2.24) is 4.98 Å². The fourth-order valence-corrected chi connectivity index (χ4v) is 3.02. The molecule has 0 saturated heterocycles. The van der Waals surface area contributed by atoms with E-state index in [4.69, 9.17) is 9.15 Å². The lowest BCUT2D eigenvalue weighted by molar-refractivity contribution is 0.0636. The molecule has 8 heteroatoms. The molecule has 1 saturated carbocycles. The van der Waals surface area contributed by atoms with E-state index in [0.29, 0.717) is 16.8 Å². The summed E-state index contributed by atoms with van der Waals surface area (Å²) in [6.45, 7) is 8.78. The third-order valence-corrected chi connectivity index (χ3v) is 4.45. The topological polar surface area (TPSA) is 108 Å². The molecule has 1 unspecified atom stereocenters. The molecule has 2 aromatic rings. The molecule has 8 nitrogen and oxygen atoms in total. The number of carbonyl (C=O) groups is 1. The zero-order chi connectivity index (χ0) is 20.6. The fraction of sp³-hybridized carbons (Fsp3) is 0.500. The van der Waals surface area contributed by atoms with Crippen LogP contribution in [0.5, 0.6) is 0 Å². The standard InChI is InChI=1S/C20H24N4O4/c1-11(10-21)24(13-6-7-13)18-22-15-9-8-14(12(2)16(15)17(25)27-18)23-19(26)28-20(3,4)5/h8-9,11,13H,6-7H2,1-5H3,(H,23,26). The van der Waals surface area contributed by atoms with E-state index < -0.39 is 23.4 Å². The molecule has 3 rings (SSSR count). The number of amides is 1. The smallest absolute Gasteiger partial charge is 0.412 e. The lowest BCUT2D eigenvalue weighted by atomic mass is 10.1. The average molecular weight is 384 g/mol. The normalized spacial score (nSPS) is 15.0. The van der Waals surface area contributed by atoms with Crippen molar-refractivity contribution < 1.29 is 13.9 Å². The first-order chi connectivity index (χ1) is 13.1. The summed E-state index contributed by atoms with van der Waals surface area (Å²) in [5.74, 6) is 0. The zero-order valence-corrected chi connectivity index (χ0v) is 16.7. The first kappa shape index (κ1) is 19.7. The van der Waals surface area contributed by atoms with Gasteiger partial charge in [0.15, 0.2) is 0 Å². The van der Waals surface area contributed by atoms with E-state index >= 15 is 0 Å². The summed E-state index contributed by atoms with van der Waals surface area (Å²) in [4.78, 5) is 31.0. The van der Waals surface area contributed by atoms with E-state index in [0.717, 1.165) is 12.8 Å². The molecule has 1 atom stereocenters. The number of benzene rings is 1. The van der Waals surface area contributed by atoms with Crippen LogP contribution in [0.15, 0.2) is 21.3 Å². The zero-order valence-electron chi connectivity index (χ0n) is 16.7. The molecule has 1 amide bonds. The molecule has 148 valence electrons. The van der Waals surface area contributed by atoms with Crippen molar-refractivity contribution in [3.05, 3.63) is 28.1 Å². The van der Waals surface area contributed by atoms with Crippen LogP contribution in [0.1, 0.15) is 46.1 Å². The minimum atomic E-state index is -0.631. The predicted octanol–water partition coefficient (Wildman–Crippen LogP) is 3.72. The number of anilines is 2. The molecule has 1 fully saturated rings. The molecule has 0 aliphatic heterocycles. The largest absolute Gasteiger partial charge is 0.444 e. The van der Waals surface area contributed by atoms with Crippen molar-refractivity contribution in [3.63, 3.8) is 0 Å². The summed E-state index contributed by atoms with van der Waals surface area (Å²) in [5.41, 5.74) is 0.263. The molecular weight excluding hydrogens is 360 g/mol. The van der Waals surface area contributed by atoms with Crippen molar-refractivity contribution in [2.45, 2.75) is 65.1 Å². The van der Waals surface area contributed by atoms with E-state index in [-0.39, 0.29) is 17.4 Å². The summed E-state index contributed by atoms with van der Waals surface area (Å²) in [6, 6.07) is 5.37. The highest BCUT2D eigenvalue weighted by Gasteiger charge is 2.35. The molecule has 0 spiro atoms. The Morgan fingerprint density at radius 1 is 1.43 bits per heavy atom. The number of nitrogens with zero attached hydrogens (tertiary/aromatic N) is 3. The van der Waals surface area contributed by atoms with E-state index in [9.17, 15) is 14.9 Å². The summed E-state index contributed by atoms with van der Waals surface area (Å²) < 4.78 is 10.7. The molecule has 1 aromatic heterocycles. The number of aryl methyl sites for hydroxylation is 1. The second-order valence-electron chi connectivity index (χ2n) is 7.99. The fourth-order valence-electron chi connectivity index (χ4n) is 3.02. The summed E-state index contributed by atoms with van der Waals surface area (Å²) >= 11 is 0. The first-order valence-corrected chi connectivity index (χ1v) is 9.23. The Kier molecular flexibility index (Phi) is 5.02. The maximum Gasteiger partial charge on any atom is 0.412 e. The van der Waals surface area contributed by atoms with Gasteiger partial charge in [0.2, 0.25) is 0 Å². The summed E-state index contributed by atoms with van der Waals surface area (Å²) in [7, 11) is 0. The Labute approximate surface area is 163 Å². The van der Waals surface area contributed by atoms with Crippen molar-refractivity contribution in [1.29, 1.82) is 5.26 Å². The van der Waals surface area contributed by atoms with E-state index in [1.165, 1.54) is 0 Å². The monoisotopic (exact) mass is 384 g/mol. The molecule has 0 radical (unpaired) electrons. The van der Waals surface area contributed by atoms with Crippen LogP contribution in [-0.2, 0) is 4.74 Å². The van der Waals surface area contributed by atoms with Crippen LogP contribution in [0.25, 0.3) is 10.9 Å². The number of carbonyl (C=O) groups excluding carboxylic acids is 1. The van der Waals surface area contributed by atoms with Gasteiger partial charge in [-0.25, -0.2) is 9.59 Å². The molecule has 1 heterocycles. The summed E-state index contributed by atoms with van der Waals surface area (Å²) in [6.07, 6.45) is 1.27. The third kappa shape index (κ3) is 4.09. The highest BCUT2D eigenvalue weighted by atomic mass is 16.6. The Hall–Kier alpha value is -3.08. The molecular formula is C20H24N4O4. The van der Waals surface area contributed by atoms with Gasteiger partial charge in [-0.3, -0.25) is 5.32 Å². The lowest BCUT2D eigenvalue weighted by Gasteiger charge is -2.24. The van der Waals surface area contributed by atoms with Gasteiger partial charge in [0.25, 0.3) is 0 Å². The van der Waals surface area contributed by atoms with Crippen LogP contribution < -0.4 is 15.8 Å². The van der Waals surface area contributed by atoms with Crippen molar-refractivity contribution >= 4 is 28.7 Å². The number of nitriles is 1. The van der Waals surface area contributed by atoms with E-state index in [1.807, 2.05) is 0 Å². The molecule has 0 bridgehead atoms. The van der Waals surface area contributed by atoms with Gasteiger partial charge < -0.3 is 14.1 Å². The number of hydrogen-bond acceptors (Lipinski definition) is 7. The van der Waals surface area contributed by atoms with Gasteiger partial charge in [-0.15, -0.1) is 0 Å². The molecule has 1 aromatic carbocycles. The molecule has 1 N–H and O–H groups in total. The average Bonchev–Trinajstić information content (AvgIpc) is 3.40. The first-order valence-electron chi connectivity index (χ1n) is 9.23. The third-order valence-electron chi connectivity index (χ3n) is 4.45. The van der Waals surface area contributed by atoms with E-state index in [2.05, 4.69) is 16.4 Å². The highest BCUT2D eigenvalue weighted by molar-refractivity contribution is 5.93. The summed E-state index contributed by atoms with van der Waals surface area (Å²) in [5, 5.41) is 12.2. The van der Waals surface area contributed by atoms with Gasteiger partial charge in [-0.2, -0.15) is 10.2 Å². The molecule has 1 aliphatic carbocycles. The van der Waals surface area contributed by atoms with Crippen LogP contribution in [0.3, 0.4) is 0 Å². The minimum absolute atomic E-state index is 0.154. The van der Waals surface area contributed by atoms with Gasteiger partial charge in [0.05, 0.1) is 17.0 Å². The maximum atomic E-state index is 12.7. The number of fused-ring (bicyclic) bond motifs is 1. The van der Waals surface area contributed by atoms with Gasteiger partial charge in [-0.05, 0) is 65.2 Å². The SMILES string of the molecule is Cc1c(NC(=O)OC(C)(C)C)ccc2nc(N(C(C)C#N)C3CC3)oc(=O)c12. The van der Waals surface area contributed by atoms with Gasteiger partial charge in [0, 0.05) is 11.7 Å². The number of rotatable bonds is 4. The Balaban J connectivity index is 1.98. The van der Waals surface area contributed by atoms with Crippen molar-refractivity contribution in [2.75, 3.05) is 10.2 Å². The Morgan fingerprint density at radius 3 is 2.68 bits per heavy atom. The van der Waals surface area contributed by atoms with Crippen LogP contribution in [-0.4, -0.2) is 28.8 Å². The minimum Gasteiger partial charge on any atom is -0.444 e. The van der Waals surface area contributed by atoms with Crippen LogP contribution in [0, 0.1) is 18.3 Å². The van der Waals surface area contributed by atoms with Crippen molar-refractivity contribution in [2.24, 2.45) is 0 Å². The molecule has 1 aliphatic rings. The Bertz CT molecular complexity index is 1010. The second kappa shape index (κ2) is 7.15. The number of ether oxygens (including phenoxy) is 1. The molecule has 28 heavy (non-hydrogen) atoms. The number of aromatic nitrogens is 1. The van der Waals surface area contributed by atoms with Gasteiger partial charge in [-0.1, -0.05) is 0 Å². The lowest BCUT2D eigenvalue weighted by Crippen LogP contribution is -2.35. The van der Waals surface area contributed by atoms with Crippen molar-refractivity contribution in [3.8, 4) is 6.07 Å². The van der Waals surface area contributed by atoms with Gasteiger partial charge >= 0.3 is 17.7 Å². The van der Waals surface area contributed by atoms with Crippen LogP contribution in [0.2, 0.25) is 0 Å². The number of hydrogen-bond donors (Lipinski definition) is 1. The van der Waals surface area contributed by atoms with E-state index in [1.54, 1.807) is 51.7 Å². The predicted molar refractivity (Wildman–Crippen MR) is 105 cm³/mol.